The van der Waals surface area contributed by atoms with E-state index in [0.717, 1.165) is 103 Å². The van der Waals surface area contributed by atoms with Crippen molar-refractivity contribution in [3.8, 4) is 0 Å². The maximum absolute atomic E-state index is 12.9. The first-order chi connectivity index (χ1) is 40.6. The van der Waals surface area contributed by atoms with Crippen LogP contribution in [0.4, 0.5) is 0 Å². The highest BCUT2D eigenvalue weighted by Crippen LogP contribution is 2.16. The number of hydrogen-bond acceptors (Lipinski definition) is 7. The van der Waals surface area contributed by atoms with Crippen molar-refractivity contribution >= 4 is 17.9 Å². The molecule has 0 saturated carbocycles. The third-order valence-electron chi connectivity index (χ3n) is 13.3. The number of esters is 2. The maximum atomic E-state index is 12.9. The Morgan fingerprint density at radius 2 is 0.675 bits per heavy atom. The van der Waals surface area contributed by atoms with Gasteiger partial charge in [-0.1, -0.05) is 268 Å². The molecule has 2 atom stereocenters. The lowest BCUT2D eigenvalue weighted by Crippen LogP contribution is -2.40. The van der Waals surface area contributed by atoms with E-state index < -0.39 is 30.3 Å². The fourth-order valence-corrected chi connectivity index (χ4v) is 8.37. The number of aliphatic carboxylic acids is 1. The van der Waals surface area contributed by atoms with Crippen molar-refractivity contribution in [3.05, 3.63) is 158 Å². The molecule has 0 aromatic rings. The fraction of sp³-hybridized carbons (Fsp3) is 0.608. The van der Waals surface area contributed by atoms with Gasteiger partial charge in [0.25, 0.3) is 6.29 Å². The van der Waals surface area contributed by atoms with Crippen LogP contribution in [0.3, 0.4) is 0 Å². The molecule has 0 fully saturated rings. The van der Waals surface area contributed by atoms with Crippen molar-refractivity contribution in [1.29, 1.82) is 0 Å². The fourth-order valence-electron chi connectivity index (χ4n) is 8.37. The van der Waals surface area contributed by atoms with E-state index in [4.69, 9.17) is 18.9 Å². The molecule has 0 aliphatic heterocycles. The van der Waals surface area contributed by atoms with E-state index in [-0.39, 0.29) is 32.7 Å². The number of unbranched alkanes of at least 4 members (excludes halogenated alkanes) is 17. The summed E-state index contributed by atoms with van der Waals surface area (Å²) in [6.45, 7) is 4.55. The Kier molecular flexibility index (Phi) is 59.1. The van der Waals surface area contributed by atoms with E-state index in [1.54, 1.807) is 0 Å². The van der Waals surface area contributed by atoms with Crippen molar-refractivity contribution < 1.29 is 42.9 Å². The SMILES string of the molecule is CC/C=C\C/C=C\C/C=C\C/C=C\C/C=C\C/C=C\C/C=C\CCCCCCCCCCCCCCCCCCCC(=O)OC(COC(=O)CC/C=C\C/C=C\C/C=C\C/C=C\C/C=C\C/C=C\CC)COC(OCC[N+](C)(C)C)C(=O)O. The number of likely N-dealkylation sites (N-methyl/N-ethyl adjacent to an activating group) is 1. The van der Waals surface area contributed by atoms with Crippen molar-refractivity contribution in [3.63, 3.8) is 0 Å². The Labute approximate surface area is 508 Å². The highest BCUT2D eigenvalue weighted by molar-refractivity contribution is 5.71. The van der Waals surface area contributed by atoms with Crippen molar-refractivity contribution in [1.82, 2.24) is 0 Å². The minimum absolute atomic E-state index is 0.170. The second kappa shape index (κ2) is 62.9. The predicted molar refractivity (Wildman–Crippen MR) is 354 cm³/mol. The third kappa shape index (κ3) is 64.3. The molecular formula is C74H120NO8+. The number of ether oxygens (including phenoxy) is 4. The zero-order chi connectivity index (χ0) is 60.5. The minimum Gasteiger partial charge on any atom is -0.477 e. The van der Waals surface area contributed by atoms with Gasteiger partial charge in [-0.2, -0.15) is 0 Å². The van der Waals surface area contributed by atoms with Gasteiger partial charge in [0.05, 0.1) is 34.4 Å². The van der Waals surface area contributed by atoms with Crippen molar-refractivity contribution in [2.45, 2.75) is 245 Å². The van der Waals surface area contributed by atoms with Crippen LogP contribution in [0.2, 0.25) is 0 Å². The van der Waals surface area contributed by atoms with E-state index in [9.17, 15) is 19.5 Å². The lowest BCUT2D eigenvalue weighted by molar-refractivity contribution is -0.870. The number of carbonyl (C=O) groups is 3. The van der Waals surface area contributed by atoms with E-state index in [2.05, 4.69) is 160 Å². The summed E-state index contributed by atoms with van der Waals surface area (Å²) in [7, 11) is 5.94. The number of allylic oxidation sites excluding steroid dienone is 26. The molecule has 0 aromatic heterocycles. The Hall–Kier alpha value is -5.09. The molecule has 1 N–H and O–H groups in total. The third-order valence-corrected chi connectivity index (χ3v) is 13.3. The molecule has 0 saturated heterocycles. The van der Waals surface area contributed by atoms with Crippen LogP contribution in [0.1, 0.15) is 232 Å². The van der Waals surface area contributed by atoms with Gasteiger partial charge < -0.3 is 28.5 Å². The van der Waals surface area contributed by atoms with Crippen molar-refractivity contribution in [2.75, 3.05) is 47.5 Å². The average molecular weight is 1150 g/mol. The molecule has 2 unspecified atom stereocenters. The number of hydrogen-bond donors (Lipinski definition) is 1. The monoisotopic (exact) mass is 1150 g/mol. The second-order valence-electron chi connectivity index (χ2n) is 22.3. The first kappa shape index (κ1) is 77.9. The summed E-state index contributed by atoms with van der Waals surface area (Å²) in [4.78, 5) is 37.5. The van der Waals surface area contributed by atoms with E-state index >= 15 is 0 Å². The molecule has 0 spiro atoms. The van der Waals surface area contributed by atoms with Gasteiger partial charge in [-0.25, -0.2) is 4.79 Å². The molecule has 0 rings (SSSR count). The molecule has 468 valence electrons. The lowest BCUT2D eigenvalue weighted by atomic mass is 10.0. The van der Waals surface area contributed by atoms with Gasteiger partial charge in [0.1, 0.15) is 13.2 Å². The van der Waals surface area contributed by atoms with Gasteiger partial charge in [0, 0.05) is 12.8 Å². The molecule has 9 nitrogen and oxygen atoms in total. The number of rotatable bonds is 58. The van der Waals surface area contributed by atoms with Crippen LogP contribution < -0.4 is 0 Å². The van der Waals surface area contributed by atoms with Crippen LogP contribution in [0.5, 0.6) is 0 Å². The summed E-state index contributed by atoms with van der Waals surface area (Å²) in [5.74, 6) is -2.13. The first-order valence-corrected chi connectivity index (χ1v) is 32.6. The number of quaternary nitrogens is 1. The molecule has 0 aliphatic carbocycles. The predicted octanol–water partition coefficient (Wildman–Crippen LogP) is 20.1. The molecule has 0 radical (unpaired) electrons. The molecule has 0 heterocycles. The lowest BCUT2D eigenvalue weighted by Gasteiger charge is -2.25. The summed E-state index contributed by atoms with van der Waals surface area (Å²) < 4.78 is 22.8. The number of carboxylic acid groups (broad SMARTS) is 1. The largest absolute Gasteiger partial charge is 0.477 e. The second-order valence-corrected chi connectivity index (χ2v) is 22.3. The minimum atomic E-state index is -1.53. The van der Waals surface area contributed by atoms with Gasteiger partial charge in [-0.05, 0) is 109 Å². The Bertz CT molecular complexity index is 1920. The molecular weight excluding hydrogens is 1030 g/mol. The van der Waals surface area contributed by atoms with Gasteiger partial charge >= 0.3 is 17.9 Å². The van der Waals surface area contributed by atoms with Crippen LogP contribution in [-0.4, -0.2) is 87.4 Å². The van der Waals surface area contributed by atoms with E-state index in [1.165, 1.54) is 89.9 Å². The summed E-state index contributed by atoms with van der Waals surface area (Å²) in [5, 5.41) is 9.72. The molecule has 0 aromatic carbocycles. The number of nitrogens with zero attached hydrogens (tertiary/aromatic N) is 1. The van der Waals surface area contributed by atoms with Crippen LogP contribution in [0.15, 0.2) is 158 Å². The summed E-state index contributed by atoms with van der Waals surface area (Å²) in [6.07, 6.45) is 90.8. The molecule has 9 heteroatoms. The van der Waals surface area contributed by atoms with Gasteiger partial charge in [-0.15, -0.1) is 0 Å². The summed E-state index contributed by atoms with van der Waals surface area (Å²) >= 11 is 0. The van der Waals surface area contributed by atoms with E-state index in [0.29, 0.717) is 23.9 Å². The smallest absolute Gasteiger partial charge is 0.361 e. The highest BCUT2D eigenvalue weighted by atomic mass is 16.7. The number of carbonyl (C=O) groups excluding carboxylic acids is 2. The van der Waals surface area contributed by atoms with Crippen molar-refractivity contribution in [2.24, 2.45) is 0 Å². The molecule has 0 aliphatic rings. The molecule has 83 heavy (non-hydrogen) atoms. The Morgan fingerprint density at radius 3 is 1.01 bits per heavy atom. The summed E-state index contributed by atoms with van der Waals surface area (Å²) in [5.41, 5.74) is 0. The van der Waals surface area contributed by atoms with Crippen LogP contribution in [-0.2, 0) is 33.3 Å². The van der Waals surface area contributed by atoms with Gasteiger partial charge in [-0.3, -0.25) is 9.59 Å². The number of carboxylic acids is 1. The zero-order valence-electron chi connectivity index (χ0n) is 53.3. The molecule has 0 amide bonds. The normalized spacial score (nSPS) is 13.8. The first-order valence-electron chi connectivity index (χ1n) is 32.6. The maximum Gasteiger partial charge on any atom is 0.361 e. The Balaban J connectivity index is 4.16. The highest BCUT2D eigenvalue weighted by Gasteiger charge is 2.25. The van der Waals surface area contributed by atoms with Crippen LogP contribution >= 0.6 is 0 Å². The van der Waals surface area contributed by atoms with E-state index in [1.807, 2.05) is 33.3 Å². The Morgan fingerprint density at radius 1 is 0.361 bits per heavy atom. The van der Waals surface area contributed by atoms with Gasteiger partial charge in [0.15, 0.2) is 6.10 Å². The molecule has 0 bridgehead atoms. The topological polar surface area (TPSA) is 108 Å². The average Bonchev–Trinajstić information content (AvgIpc) is 3.46. The summed E-state index contributed by atoms with van der Waals surface area (Å²) in [6, 6.07) is 0. The standard InChI is InChI=1S/C74H119NO8/c1-6-8-10-12-14-16-18-20-22-24-26-27-28-29-30-31-32-33-34-35-36-37-38-39-40-41-42-43-44-45-47-49-51-53-55-57-59-61-63-65-72(77)83-70(69-82-74(73(78)79)80-67-66-75(3,4)5)68-81-71(76)64-62-60-58-56-54-52-50-48-46-25-23-21-19-17-15-13-11-9-7-2/h8-11,14-17,20-23,26-27,29-30,32-33,35-36,46,48,52,54,58,60,70,74H,6-7,12-13,18-19,24-25,28,31,34,37-45,47,49-51,53,55-57,59,61-69H2,1-5H3/p+1/b10-8-,11-9-,16-14-,17-15-,22-20-,23-21-,27-26-,30-29-,33-32-,36-35-,48-46-,54-52-,60-58-. The van der Waals surface area contributed by atoms with Crippen LogP contribution in [0, 0.1) is 0 Å². The van der Waals surface area contributed by atoms with Crippen LogP contribution in [0.25, 0.3) is 0 Å². The van der Waals surface area contributed by atoms with Gasteiger partial charge in [0.2, 0.25) is 0 Å². The zero-order valence-corrected chi connectivity index (χ0v) is 53.3. The quantitative estimate of drug-likeness (QED) is 0.0211.